The van der Waals surface area contributed by atoms with Crippen molar-refractivity contribution in [3.8, 4) is 0 Å². The molecular weight excluding hydrogens is 180 g/mol. The molecule has 1 unspecified atom stereocenters. The van der Waals surface area contributed by atoms with Crippen molar-refractivity contribution in [3.63, 3.8) is 0 Å². The number of aliphatic carboxylic acids is 1. The Morgan fingerprint density at radius 2 is 2.17 bits per heavy atom. The number of ether oxygens (including phenoxy) is 1. The average molecular weight is 195 g/mol. The first kappa shape index (κ1) is 11.7. The number of halogens is 1. The Morgan fingerprint density at radius 3 is 2.58 bits per heavy atom. The van der Waals surface area contributed by atoms with Crippen molar-refractivity contribution in [1.29, 1.82) is 0 Å². The Balaban J connectivity index is 3.25. The van der Waals surface area contributed by atoms with Gasteiger partial charge in [0, 0.05) is 6.61 Å². The molecule has 0 aliphatic carbocycles. The number of rotatable bonds is 6. The second-order valence-corrected chi connectivity index (χ2v) is 3.59. The van der Waals surface area contributed by atoms with Crippen molar-refractivity contribution in [2.45, 2.75) is 25.6 Å². The molecule has 0 radical (unpaired) electrons. The fraction of sp³-hybridized carbons (Fsp3) is 0.875. The highest BCUT2D eigenvalue weighted by Gasteiger charge is 2.12. The van der Waals surface area contributed by atoms with Crippen molar-refractivity contribution in [2.24, 2.45) is 5.92 Å². The van der Waals surface area contributed by atoms with E-state index in [-0.39, 0.29) is 6.61 Å². The second kappa shape index (κ2) is 6.26. The number of hydrogen-bond donors (Lipinski definition) is 1. The Bertz CT molecular complexity index is 136. The lowest BCUT2D eigenvalue weighted by molar-refractivity contribution is -0.137. The van der Waals surface area contributed by atoms with Gasteiger partial charge in [0.2, 0.25) is 0 Å². The monoisotopic (exact) mass is 194 g/mol. The van der Waals surface area contributed by atoms with Crippen LogP contribution in [0.15, 0.2) is 0 Å². The quantitative estimate of drug-likeness (QED) is 0.518. The maximum atomic E-state index is 10.2. The van der Waals surface area contributed by atoms with Crippen LogP contribution >= 0.6 is 11.6 Å². The molecule has 72 valence electrons. The lowest BCUT2D eigenvalue weighted by atomic mass is 10.1. The standard InChI is InChI=1S/C8H15ClO3/c1-6(2)3-4-12-5-7(9)8(10)11/h6-7H,3-5H2,1-2H3,(H,10,11). The maximum absolute atomic E-state index is 10.2. The lowest BCUT2D eigenvalue weighted by Gasteiger charge is -2.07. The molecule has 0 aliphatic rings. The van der Waals surface area contributed by atoms with Crippen LogP contribution < -0.4 is 0 Å². The minimum absolute atomic E-state index is 0.0869. The summed E-state index contributed by atoms with van der Waals surface area (Å²) in [6.45, 7) is 4.83. The van der Waals surface area contributed by atoms with Gasteiger partial charge in [0.05, 0.1) is 6.61 Å². The molecule has 0 bridgehead atoms. The largest absolute Gasteiger partial charge is 0.480 e. The van der Waals surface area contributed by atoms with Gasteiger partial charge in [-0.1, -0.05) is 13.8 Å². The summed E-state index contributed by atoms with van der Waals surface area (Å²) in [6, 6.07) is 0. The molecule has 0 saturated carbocycles. The third-order valence-electron chi connectivity index (χ3n) is 1.37. The van der Waals surface area contributed by atoms with E-state index in [4.69, 9.17) is 21.4 Å². The Kier molecular flexibility index (Phi) is 6.11. The molecule has 0 aromatic heterocycles. The van der Waals surface area contributed by atoms with Crippen LogP contribution in [-0.2, 0) is 9.53 Å². The second-order valence-electron chi connectivity index (χ2n) is 3.06. The van der Waals surface area contributed by atoms with E-state index in [1.54, 1.807) is 0 Å². The zero-order valence-corrected chi connectivity index (χ0v) is 8.17. The van der Waals surface area contributed by atoms with Gasteiger partial charge in [-0.15, -0.1) is 11.6 Å². The summed E-state index contributed by atoms with van der Waals surface area (Å²) in [5.41, 5.74) is 0. The predicted octanol–water partition coefficient (Wildman–Crippen LogP) is 1.74. The SMILES string of the molecule is CC(C)CCOCC(Cl)C(=O)O. The molecule has 0 spiro atoms. The van der Waals surface area contributed by atoms with Gasteiger partial charge in [0.15, 0.2) is 5.38 Å². The van der Waals surface area contributed by atoms with Crippen molar-refractivity contribution in [1.82, 2.24) is 0 Å². The molecule has 0 aromatic carbocycles. The van der Waals surface area contributed by atoms with Crippen LogP contribution in [0.25, 0.3) is 0 Å². The third kappa shape index (κ3) is 6.43. The van der Waals surface area contributed by atoms with Gasteiger partial charge in [-0.3, -0.25) is 4.79 Å². The minimum Gasteiger partial charge on any atom is -0.480 e. The van der Waals surface area contributed by atoms with Crippen LogP contribution in [0.1, 0.15) is 20.3 Å². The molecule has 0 aliphatic heterocycles. The van der Waals surface area contributed by atoms with Crippen LogP contribution in [0.3, 0.4) is 0 Å². The fourth-order valence-corrected chi connectivity index (χ4v) is 0.666. The lowest BCUT2D eigenvalue weighted by Crippen LogP contribution is -2.20. The van der Waals surface area contributed by atoms with Crippen molar-refractivity contribution >= 4 is 17.6 Å². The van der Waals surface area contributed by atoms with Gasteiger partial charge >= 0.3 is 5.97 Å². The Hall–Kier alpha value is -0.280. The van der Waals surface area contributed by atoms with Gasteiger partial charge < -0.3 is 9.84 Å². The Labute approximate surface area is 77.7 Å². The smallest absolute Gasteiger partial charge is 0.324 e. The van der Waals surface area contributed by atoms with Gasteiger partial charge in [-0.2, -0.15) is 0 Å². The van der Waals surface area contributed by atoms with E-state index >= 15 is 0 Å². The van der Waals surface area contributed by atoms with Crippen molar-refractivity contribution < 1.29 is 14.6 Å². The van der Waals surface area contributed by atoms with Gasteiger partial charge in [0.1, 0.15) is 0 Å². The van der Waals surface area contributed by atoms with E-state index in [1.807, 2.05) is 0 Å². The molecule has 0 heterocycles. The van der Waals surface area contributed by atoms with Crippen molar-refractivity contribution in [2.75, 3.05) is 13.2 Å². The third-order valence-corrected chi connectivity index (χ3v) is 1.68. The van der Waals surface area contributed by atoms with Gasteiger partial charge in [0.25, 0.3) is 0 Å². The van der Waals surface area contributed by atoms with E-state index in [1.165, 1.54) is 0 Å². The topological polar surface area (TPSA) is 46.5 Å². The molecule has 4 heteroatoms. The number of hydrogen-bond acceptors (Lipinski definition) is 2. The van der Waals surface area contributed by atoms with Gasteiger partial charge in [-0.05, 0) is 12.3 Å². The normalized spacial score (nSPS) is 13.3. The Morgan fingerprint density at radius 1 is 1.58 bits per heavy atom. The molecule has 12 heavy (non-hydrogen) atoms. The molecule has 0 aromatic rings. The summed E-state index contributed by atoms with van der Waals surface area (Å²) in [6.07, 6.45) is 0.934. The van der Waals surface area contributed by atoms with Crippen LogP contribution in [0, 0.1) is 5.92 Å². The summed E-state index contributed by atoms with van der Waals surface area (Å²) in [7, 11) is 0. The zero-order valence-electron chi connectivity index (χ0n) is 7.42. The number of carboxylic acids is 1. The number of alkyl halides is 1. The first-order chi connectivity index (χ1) is 5.54. The van der Waals surface area contributed by atoms with Crippen LogP contribution in [0.2, 0.25) is 0 Å². The highest BCUT2D eigenvalue weighted by molar-refractivity contribution is 6.29. The molecule has 1 N–H and O–H groups in total. The molecule has 0 saturated heterocycles. The van der Waals surface area contributed by atoms with E-state index in [2.05, 4.69) is 13.8 Å². The highest BCUT2D eigenvalue weighted by Crippen LogP contribution is 2.01. The summed E-state index contributed by atoms with van der Waals surface area (Å²) in [5, 5.41) is 7.46. The van der Waals surface area contributed by atoms with E-state index in [9.17, 15) is 4.79 Å². The molecule has 1 atom stereocenters. The number of carboxylic acid groups (broad SMARTS) is 1. The summed E-state index contributed by atoms with van der Waals surface area (Å²) in [4.78, 5) is 10.2. The summed E-state index contributed by atoms with van der Waals surface area (Å²) < 4.78 is 5.05. The van der Waals surface area contributed by atoms with Gasteiger partial charge in [-0.25, -0.2) is 0 Å². The molecule has 3 nitrogen and oxygen atoms in total. The van der Waals surface area contributed by atoms with Crippen molar-refractivity contribution in [3.05, 3.63) is 0 Å². The predicted molar refractivity (Wildman–Crippen MR) is 47.6 cm³/mol. The van der Waals surface area contributed by atoms with E-state index in [0.717, 1.165) is 6.42 Å². The summed E-state index contributed by atoms with van der Waals surface area (Å²) in [5.74, 6) is -0.454. The average Bonchev–Trinajstić information content (AvgIpc) is 1.97. The molecule has 0 rings (SSSR count). The van der Waals surface area contributed by atoms with Crippen LogP contribution in [0.5, 0.6) is 0 Å². The highest BCUT2D eigenvalue weighted by atomic mass is 35.5. The first-order valence-electron chi connectivity index (χ1n) is 3.98. The fourth-order valence-electron chi connectivity index (χ4n) is 0.577. The summed E-state index contributed by atoms with van der Waals surface area (Å²) >= 11 is 5.41. The molecular formula is C8H15ClO3. The first-order valence-corrected chi connectivity index (χ1v) is 4.42. The minimum atomic E-state index is -1.03. The number of carbonyl (C=O) groups is 1. The maximum Gasteiger partial charge on any atom is 0.324 e. The zero-order chi connectivity index (χ0) is 9.56. The molecule has 0 amide bonds. The molecule has 0 fully saturated rings. The van der Waals surface area contributed by atoms with Crippen LogP contribution in [-0.4, -0.2) is 29.7 Å². The van der Waals surface area contributed by atoms with Crippen LogP contribution in [0.4, 0.5) is 0 Å². The van der Waals surface area contributed by atoms with E-state index < -0.39 is 11.3 Å². The van der Waals surface area contributed by atoms with E-state index in [0.29, 0.717) is 12.5 Å².